The molecule has 2 aliphatic carbocycles. The smallest absolute Gasteiger partial charge is 0.263 e. The van der Waals surface area contributed by atoms with Gasteiger partial charge in [0.1, 0.15) is 4.83 Å². The van der Waals surface area contributed by atoms with Crippen molar-refractivity contribution in [2.45, 2.75) is 74.9 Å². The molecule has 5 nitrogen and oxygen atoms in total. The molecule has 2 aromatic rings. The fraction of sp³-hybridized carbons (Fsp3) is 0.550. The maximum absolute atomic E-state index is 13.2. The summed E-state index contributed by atoms with van der Waals surface area (Å²) in [6.45, 7) is 6.08. The van der Waals surface area contributed by atoms with E-state index in [1.807, 2.05) is 6.92 Å². The zero-order valence-corrected chi connectivity index (χ0v) is 17.3. The number of thioether (sulfide) groups is 1. The van der Waals surface area contributed by atoms with Crippen molar-refractivity contribution < 1.29 is 4.79 Å². The summed E-state index contributed by atoms with van der Waals surface area (Å²) in [4.78, 5) is 32.6. The summed E-state index contributed by atoms with van der Waals surface area (Å²) in [5.41, 5.74) is 1.19. The Morgan fingerprint density at radius 2 is 2.19 bits per heavy atom. The predicted octanol–water partition coefficient (Wildman–Crippen LogP) is 3.67. The number of nitrogens with one attached hydrogen (secondary N) is 1. The number of aromatic nitrogens is 2. The number of nitrogens with zero attached hydrogens (tertiary/aromatic N) is 2. The van der Waals surface area contributed by atoms with Crippen molar-refractivity contribution in [3.8, 4) is 0 Å². The lowest BCUT2D eigenvalue weighted by molar-refractivity contribution is -0.120. The molecule has 0 spiro atoms. The number of carbonyl (C=O) groups excluding carboxylic acids is 1. The number of amides is 1. The van der Waals surface area contributed by atoms with E-state index < -0.39 is 0 Å². The highest BCUT2D eigenvalue weighted by Crippen LogP contribution is 2.36. The topological polar surface area (TPSA) is 64.0 Å². The fourth-order valence-electron chi connectivity index (χ4n) is 4.04. The molecular weight excluding hydrogens is 378 g/mol. The van der Waals surface area contributed by atoms with Gasteiger partial charge in [0.05, 0.1) is 10.6 Å². The molecule has 1 saturated carbocycles. The maximum atomic E-state index is 13.2. The molecule has 0 unspecified atom stereocenters. The van der Waals surface area contributed by atoms with Crippen LogP contribution >= 0.6 is 23.1 Å². The number of fused-ring (bicyclic) bond motifs is 3. The van der Waals surface area contributed by atoms with Crippen LogP contribution in [0, 0.1) is 0 Å². The minimum Gasteiger partial charge on any atom is -0.352 e. The molecule has 4 rings (SSSR count). The third-order valence-corrected chi connectivity index (χ3v) is 7.73. The summed E-state index contributed by atoms with van der Waals surface area (Å²) in [5, 5.41) is 4.24. The number of carbonyl (C=O) groups is 1. The van der Waals surface area contributed by atoms with Crippen molar-refractivity contribution in [3.63, 3.8) is 0 Å². The van der Waals surface area contributed by atoms with Gasteiger partial charge in [-0.2, -0.15) is 0 Å². The molecular formula is C20H25N3O2S2. The second kappa shape index (κ2) is 7.80. The first-order valence-corrected chi connectivity index (χ1v) is 11.4. The molecule has 7 heteroatoms. The number of thiophene rings is 1. The van der Waals surface area contributed by atoms with Crippen LogP contribution < -0.4 is 10.9 Å². The lowest BCUT2D eigenvalue weighted by Gasteiger charge is -2.17. The molecule has 1 amide bonds. The van der Waals surface area contributed by atoms with E-state index in [4.69, 9.17) is 4.98 Å². The van der Waals surface area contributed by atoms with E-state index >= 15 is 0 Å². The van der Waals surface area contributed by atoms with Crippen LogP contribution in [0.5, 0.6) is 0 Å². The van der Waals surface area contributed by atoms with Crippen molar-refractivity contribution in [2.24, 2.45) is 0 Å². The number of hydrogen-bond donors (Lipinski definition) is 1. The Morgan fingerprint density at radius 3 is 2.93 bits per heavy atom. The quantitative estimate of drug-likeness (QED) is 0.454. The molecule has 2 aromatic heterocycles. The molecule has 1 N–H and O–H groups in total. The highest BCUT2D eigenvalue weighted by Gasteiger charge is 2.26. The second-order valence-electron chi connectivity index (χ2n) is 7.39. The normalized spacial score (nSPS) is 18.0. The van der Waals surface area contributed by atoms with Gasteiger partial charge in [-0.3, -0.25) is 14.2 Å². The Balaban J connectivity index is 1.64. The third kappa shape index (κ3) is 3.59. The number of rotatable bonds is 6. The minimum atomic E-state index is -0.294. The van der Waals surface area contributed by atoms with Gasteiger partial charge in [0.15, 0.2) is 5.16 Å². The molecule has 2 aliphatic rings. The largest absolute Gasteiger partial charge is 0.352 e. The number of hydrogen-bond acceptors (Lipinski definition) is 5. The van der Waals surface area contributed by atoms with Gasteiger partial charge in [0, 0.05) is 17.5 Å². The van der Waals surface area contributed by atoms with E-state index in [1.165, 1.54) is 35.0 Å². The summed E-state index contributed by atoms with van der Waals surface area (Å²) in [5.74, 6) is 0.0278. The highest BCUT2D eigenvalue weighted by atomic mass is 32.2. The van der Waals surface area contributed by atoms with Gasteiger partial charge in [-0.15, -0.1) is 17.9 Å². The Hall–Kier alpha value is -1.60. The highest BCUT2D eigenvalue weighted by molar-refractivity contribution is 8.00. The van der Waals surface area contributed by atoms with Gasteiger partial charge >= 0.3 is 0 Å². The number of allylic oxidation sites excluding steroid dienone is 1. The molecule has 0 saturated heterocycles. The molecule has 0 aliphatic heterocycles. The van der Waals surface area contributed by atoms with Crippen LogP contribution in [0.2, 0.25) is 0 Å². The van der Waals surface area contributed by atoms with Gasteiger partial charge in [0.2, 0.25) is 5.91 Å². The maximum Gasteiger partial charge on any atom is 0.263 e. The third-order valence-electron chi connectivity index (χ3n) is 5.45. The molecule has 1 atom stereocenters. The predicted molar refractivity (Wildman–Crippen MR) is 112 cm³/mol. The van der Waals surface area contributed by atoms with Crippen molar-refractivity contribution >= 4 is 39.2 Å². The van der Waals surface area contributed by atoms with Crippen LogP contribution in [0.3, 0.4) is 0 Å². The minimum absolute atomic E-state index is 0.00482. The summed E-state index contributed by atoms with van der Waals surface area (Å²) < 4.78 is 1.67. The second-order valence-corrected chi connectivity index (χ2v) is 9.78. The molecule has 27 heavy (non-hydrogen) atoms. The summed E-state index contributed by atoms with van der Waals surface area (Å²) in [6.07, 6.45) is 9.35. The molecule has 0 bridgehead atoms. The van der Waals surface area contributed by atoms with Gasteiger partial charge in [0.25, 0.3) is 5.56 Å². The van der Waals surface area contributed by atoms with Gasteiger partial charge in [-0.05, 0) is 44.6 Å². The number of aryl methyl sites for hydroxylation is 2. The zero-order valence-electron chi connectivity index (χ0n) is 15.6. The Kier molecular flexibility index (Phi) is 5.41. The van der Waals surface area contributed by atoms with E-state index in [2.05, 4.69) is 11.9 Å². The van der Waals surface area contributed by atoms with Crippen LogP contribution in [-0.2, 0) is 24.2 Å². The molecule has 0 aromatic carbocycles. The van der Waals surface area contributed by atoms with Crippen molar-refractivity contribution in [1.82, 2.24) is 14.9 Å². The van der Waals surface area contributed by atoms with E-state index in [9.17, 15) is 9.59 Å². The Bertz CT molecular complexity index is 941. The van der Waals surface area contributed by atoms with Gasteiger partial charge in [-0.25, -0.2) is 4.98 Å². The lowest BCUT2D eigenvalue weighted by Crippen LogP contribution is -2.38. The van der Waals surface area contributed by atoms with Gasteiger partial charge < -0.3 is 5.32 Å². The van der Waals surface area contributed by atoms with Crippen LogP contribution in [0.25, 0.3) is 10.2 Å². The van der Waals surface area contributed by atoms with E-state index in [0.717, 1.165) is 42.3 Å². The van der Waals surface area contributed by atoms with E-state index in [1.54, 1.807) is 22.0 Å². The van der Waals surface area contributed by atoms with Crippen molar-refractivity contribution in [3.05, 3.63) is 33.4 Å². The molecule has 144 valence electrons. The lowest BCUT2D eigenvalue weighted by atomic mass is 10.2. The Labute approximate surface area is 167 Å². The summed E-state index contributed by atoms with van der Waals surface area (Å²) >= 11 is 3.01. The van der Waals surface area contributed by atoms with Crippen LogP contribution in [0.4, 0.5) is 0 Å². The average Bonchev–Trinajstić information content (AvgIpc) is 3.35. The molecule has 2 heterocycles. The monoisotopic (exact) mass is 403 g/mol. The first-order valence-electron chi connectivity index (χ1n) is 9.71. The fourth-order valence-corrected chi connectivity index (χ4v) is 6.27. The molecule has 1 fully saturated rings. The first-order chi connectivity index (χ1) is 13.1. The van der Waals surface area contributed by atoms with Crippen LogP contribution in [-0.4, -0.2) is 26.8 Å². The molecule has 0 radical (unpaired) electrons. The standard InChI is InChI=1S/C20H25N3O2S2/c1-3-11-23-19(25)16-14-9-6-10-15(14)27-18(16)22-20(23)26-12(2)17(24)21-13-7-4-5-8-13/h3,12-13H,1,4-11H2,2H3,(H,21,24)/t12-/m0/s1. The Morgan fingerprint density at radius 1 is 1.41 bits per heavy atom. The summed E-state index contributed by atoms with van der Waals surface area (Å²) in [6, 6.07) is 0.298. The van der Waals surface area contributed by atoms with Crippen LogP contribution in [0.15, 0.2) is 22.6 Å². The SMILES string of the molecule is C=CCn1c(S[C@@H](C)C(=O)NC2CCCC2)nc2sc3c(c2c1=O)CCC3. The first kappa shape index (κ1) is 18.7. The van der Waals surface area contributed by atoms with Crippen molar-refractivity contribution in [1.29, 1.82) is 0 Å². The van der Waals surface area contributed by atoms with E-state index in [-0.39, 0.29) is 16.7 Å². The average molecular weight is 404 g/mol. The van der Waals surface area contributed by atoms with Crippen LogP contribution in [0.1, 0.15) is 49.5 Å². The van der Waals surface area contributed by atoms with Gasteiger partial charge in [-0.1, -0.05) is 30.7 Å². The zero-order chi connectivity index (χ0) is 19.0. The van der Waals surface area contributed by atoms with E-state index in [0.29, 0.717) is 17.7 Å². The summed E-state index contributed by atoms with van der Waals surface area (Å²) in [7, 11) is 0. The van der Waals surface area contributed by atoms with Crippen molar-refractivity contribution in [2.75, 3.05) is 0 Å².